The molecule has 0 amide bonds. The van der Waals surface area contributed by atoms with E-state index in [4.69, 9.17) is 11.6 Å². The van der Waals surface area contributed by atoms with Crippen LogP contribution in [0.25, 0.3) is 5.69 Å². The zero-order valence-electron chi connectivity index (χ0n) is 9.87. The van der Waals surface area contributed by atoms with Crippen molar-refractivity contribution in [1.29, 1.82) is 0 Å². The maximum Gasteiger partial charge on any atom is 0.133 e. The van der Waals surface area contributed by atoms with E-state index in [-0.39, 0.29) is 5.82 Å². The molecule has 0 aliphatic carbocycles. The molecule has 0 atom stereocenters. The molecule has 1 aromatic carbocycles. The molecule has 0 spiro atoms. The Morgan fingerprint density at radius 2 is 2.12 bits per heavy atom. The first kappa shape index (κ1) is 12.1. The molecule has 0 saturated heterocycles. The maximum absolute atomic E-state index is 13.0. The Morgan fingerprint density at radius 3 is 2.76 bits per heavy atom. The van der Waals surface area contributed by atoms with E-state index >= 15 is 0 Å². The lowest BCUT2D eigenvalue weighted by Crippen LogP contribution is -2.00. The van der Waals surface area contributed by atoms with Gasteiger partial charge >= 0.3 is 0 Å². The Kier molecular flexibility index (Phi) is 3.48. The second kappa shape index (κ2) is 4.88. The van der Waals surface area contributed by atoms with Crippen molar-refractivity contribution in [2.75, 3.05) is 0 Å². The Hall–Kier alpha value is -1.35. The van der Waals surface area contributed by atoms with Crippen LogP contribution in [0.5, 0.6) is 0 Å². The van der Waals surface area contributed by atoms with Gasteiger partial charge < -0.3 is 0 Å². The number of benzene rings is 1. The van der Waals surface area contributed by atoms with Crippen molar-refractivity contribution in [2.45, 2.75) is 26.7 Å². The van der Waals surface area contributed by atoms with Crippen LogP contribution in [0.4, 0.5) is 4.39 Å². The van der Waals surface area contributed by atoms with Crippen LogP contribution in [0, 0.1) is 12.7 Å². The van der Waals surface area contributed by atoms with Crippen molar-refractivity contribution in [2.24, 2.45) is 0 Å². The van der Waals surface area contributed by atoms with Crippen molar-refractivity contribution in [3.05, 3.63) is 46.5 Å². The minimum Gasteiger partial charge on any atom is -0.222 e. The van der Waals surface area contributed by atoms with Crippen LogP contribution in [0.2, 0.25) is 5.15 Å². The summed E-state index contributed by atoms with van der Waals surface area (Å²) in [5, 5.41) is 4.98. The van der Waals surface area contributed by atoms with E-state index in [1.807, 2.05) is 13.0 Å². The molecule has 0 N–H and O–H groups in total. The molecule has 2 rings (SSSR count). The minimum atomic E-state index is -0.247. The zero-order chi connectivity index (χ0) is 12.4. The maximum atomic E-state index is 13.0. The van der Waals surface area contributed by atoms with E-state index in [2.05, 4.69) is 12.0 Å². The number of aromatic nitrogens is 2. The van der Waals surface area contributed by atoms with Crippen LogP contribution >= 0.6 is 11.6 Å². The average molecular weight is 253 g/mol. The molecule has 0 aliphatic rings. The van der Waals surface area contributed by atoms with Crippen LogP contribution in [-0.2, 0) is 6.42 Å². The van der Waals surface area contributed by atoms with Crippen molar-refractivity contribution in [3.8, 4) is 5.69 Å². The quantitative estimate of drug-likeness (QED) is 0.809. The van der Waals surface area contributed by atoms with Crippen molar-refractivity contribution < 1.29 is 4.39 Å². The number of aryl methyl sites for hydroxylation is 2. The first-order valence-corrected chi connectivity index (χ1v) is 6.00. The van der Waals surface area contributed by atoms with Gasteiger partial charge in [0, 0.05) is 0 Å². The van der Waals surface area contributed by atoms with Gasteiger partial charge in [-0.05, 0) is 43.2 Å². The molecule has 0 radical (unpaired) electrons. The van der Waals surface area contributed by atoms with E-state index in [1.165, 1.54) is 12.1 Å². The van der Waals surface area contributed by atoms with E-state index in [1.54, 1.807) is 10.7 Å². The number of rotatable bonds is 3. The summed E-state index contributed by atoms with van der Waals surface area (Å²) in [7, 11) is 0. The molecular weight excluding hydrogens is 239 g/mol. The van der Waals surface area contributed by atoms with Gasteiger partial charge in [-0.15, -0.1) is 0 Å². The van der Waals surface area contributed by atoms with Crippen LogP contribution in [0.15, 0.2) is 24.3 Å². The standard InChI is InChI=1S/C13H14ClFN2/c1-3-4-11-8-13(14)17(16-11)12-6-5-10(15)7-9(12)2/h5-8H,3-4H2,1-2H3. The third-order valence-electron chi connectivity index (χ3n) is 2.61. The monoisotopic (exact) mass is 252 g/mol. The highest BCUT2D eigenvalue weighted by Crippen LogP contribution is 2.21. The average Bonchev–Trinajstić information content (AvgIpc) is 2.60. The predicted molar refractivity (Wildman–Crippen MR) is 67.3 cm³/mol. The van der Waals surface area contributed by atoms with Gasteiger partial charge in [0.25, 0.3) is 0 Å². The summed E-state index contributed by atoms with van der Waals surface area (Å²) in [5.41, 5.74) is 2.60. The van der Waals surface area contributed by atoms with Gasteiger partial charge in [-0.1, -0.05) is 24.9 Å². The molecule has 0 saturated carbocycles. The zero-order valence-corrected chi connectivity index (χ0v) is 10.6. The smallest absolute Gasteiger partial charge is 0.133 e. The number of nitrogens with zero attached hydrogens (tertiary/aromatic N) is 2. The van der Waals surface area contributed by atoms with Crippen LogP contribution in [0.3, 0.4) is 0 Å². The fraction of sp³-hybridized carbons (Fsp3) is 0.308. The summed E-state index contributed by atoms with van der Waals surface area (Å²) in [6.45, 7) is 3.94. The summed E-state index contributed by atoms with van der Waals surface area (Å²) in [4.78, 5) is 0. The second-order valence-corrected chi connectivity index (χ2v) is 4.44. The molecule has 1 aromatic heterocycles. The Balaban J connectivity index is 2.45. The minimum absolute atomic E-state index is 0.247. The van der Waals surface area contributed by atoms with Crippen LogP contribution in [-0.4, -0.2) is 9.78 Å². The predicted octanol–water partition coefficient (Wildman–Crippen LogP) is 3.93. The van der Waals surface area contributed by atoms with Crippen molar-refractivity contribution >= 4 is 11.6 Å². The summed E-state index contributed by atoms with van der Waals surface area (Å²) in [5.74, 6) is -0.247. The van der Waals surface area contributed by atoms with Gasteiger partial charge in [-0.3, -0.25) is 0 Å². The van der Waals surface area contributed by atoms with Gasteiger partial charge in [-0.2, -0.15) is 5.10 Å². The molecule has 90 valence electrons. The summed E-state index contributed by atoms with van der Waals surface area (Å²) in [6.07, 6.45) is 1.92. The lowest BCUT2D eigenvalue weighted by atomic mass is 10.2. The molecular formula is C13H14ClFN2. The van der Waals surface area contributed by atoms with Gasteiger partial charge in [0.2, 0.25) is 0 Å². The Morgan fingerprint density at radius 1 is 1.35 bits per heavy atom. The second-order valence-electron chi connectivity index (χ2n) is 4.05. The number of hydrogen-bond donors (Lipinski definition) is 0. The van der Waals surface area contributed by atoms with Gasteiger partial charge in [-0.25, -0.2) is 9.07 Å². The normalized spacial score (nSPS) is 10.8. The topological polar surface area (TPSA) is 17.8 Å². The highest BCUT2D eigenvalue weighted by molar-refractivity contribution is 6.29. The molecule has 2 aromatic rings. The first-order chi connectivity index (χ1) is 8.11. The SMILES string of the molecule is CCCc1cc(Cl)n(-c2ccc(F)cc2C)n1. The summed E-state index contributed by atoms with van der Waals surface area (Å²) < 4.78 is 14.7. The largest absolute Gasteiger partial charge is 0.222 e. The molecule has 0 fully saturated rings. The number of halogens is 2. The number of hydrogen-bond acceptors (Lipinski definition) is 1. The molecule has 0 unspecified atom stereocenters. The summed E-state index contributed by atoms with van der Waals surface area (Å²) >= 11 is 6.13. The molecule has 1 heterocycles. The van der Waals surface area contributed by atoms with Gasteiger partial charge in [0.05, 0.1) is 11.4 Å². The third-order valence-corrected chi connectivity index (χ3v) is 2.88. The molecule has 2 nitrogen and oxygen atoms in total. The fourth-order valence-corrected chi connectivity index (χ4v) is 2.06. The van der Waals surface area contributed by atoms with Gasteiger partial charge in [0.1, 0.15) is 11.0 Å². The lowest BCUT2D eigenvalue weighted by molar-refractivity contribution is 0.625. The van der Waals surface area contributed by atoms with Crippen molar-refractivity contribution in [3.63, 3.8) is 0 Å². The Labute approximate surface area is 105 Å². The van der Waals surface area contributed by atoms with Crippen molar-refractivity contribution in [1.82, 2.24) is 9.78 Å². The molecule has 0 aliphatic heterocycles. The molecule has 17 heavy (non-hydrogen) atoms. The molecule has 4 heteroatoms. The van der Waals surface area contributed by atoms with E-state index < -0.39 is 0 Å². The summed E-state index contributed by atoms with van der Waals surface area (Å²) in [6, 6.07) is 6.44. The van der Waals surface area contributed by atoms with E-state index in [9.17, 15) is 4.39 Å². The highest BCUT2D eigenvalue weighted by Gasteiger charge is 2.09. The fourth-order valence-electron chi connectivity index (χ4n) is 1.81. The lowest BCUT2D eigenvalue weighted by Gasteiger charge is -2.06. The molecule has 0 bridgehead atoms. The van der Waals surface area contributed by atoms with E-state index in [0.717, 1.165) is 29.8 Å². The van der Waals surface area contributed by atoms with E-state index in [0.29, 0.717) is 5.15 Å². The Bertz CT molecular complexity index is 534. The highest BCUT2D eigenvalue weighted by atomic mass is 35.5. The first-order valence-electron chi connectivity index (χ1n) is 5.62. The third kappa shape index (κ3) is 2.50. The van der Waals surface area contributed by atoms with Crippen LogP contribution in [0.1, 0.15) is 24.6 Å². The van der Waals surface area contributed by atoms with Gasteiger partial charge in [0.15, 0.2) is 0 Å². The van der Waals surface area contributed by atoms with Crippen LogP contribution < -0.4 is 0 Å².